The van der Waals surface area contributed by atoms with E-state index in [1.165, 1.54) is 17.3 Å². The Bertz CT molecular complexity index is 1020. The van der Waals surface area contributed by atoms with Crippen molar-refractivity contribution in [1.29, 1.82) is 0 Å². The molecule has 1 fully saturated rings. The molecule has 0 saturated carbocycles. The van der Waals surface area contributed by atoms with E-state index in [-0.39, 0.29) is 5.91 Å². The molecule has 1 aromatic heterocycles. The van der Waals surface area contributed by atoms with E-state index in [0.29, 0.717) is 18.8 Å². The molecule has 156 valence electrons. The van der Waals surface area contributed by atoms with Crippen molar-refractivity contribution in [3.63, 3.8) is 0 Å². The molecule has 1 aliphatic heterocycles. The molecule has 0 aliphatic carbocycles. The Morgan fingerprint density at radius 1 is 1.10 bits per heavy atom. The highest BCUT2D eigenvalue weighted by atomic mass is 35.5. The predicted molar refractivity (Wildman–Crippen MR) is 122 cm³/mol. The maximum Gasteiger partial charge on any atom is 0.233 e. The van der Waals surface area contributed by atoms with Crippen LogP contribution in [0.4, 0.5) is 5.69 Å². The SMILES string of the molecule is CCc1ccccc1-n1cnnc1SCC(=O)N1CCN(c2cccc(Cl)c2)CC1. The van der Waals surface area contributed by atoms with Gasteiger partial charge in [-0.05, 0) is 36.2 Å². The number of rotatable bonds is 6. The molecular weight excluding hydrogens is 418 g/mol. The summed E-state index contributed by atoms with van der Waals surface area (Å²) in [6.07, 6.45) is 2.64. The number of carbonyl (C=O) groups excluding carboxylic acids is 1. The molecule has 3 aromatic rings. The van der Waals surface area contributed by atoms with Crippen LogP contribution in [0.3, 0.4) is 0 Å². The van der Waals surface area contributed by atoms with Crippen molar-refractivity contribution in [3.05, 3.63) is 65.4 Å². The number of halogens is 1. The summed E-state index contributed by atoms with van der Waals surface area (Å²) in [5.41, 5.74) is 3.39. The van der Waals surface area contributed by atoms with Crippen LogP contribution in [0.15, 0.2) is 60.0 Å². The first-order valence-electron chi connectivity index (χ1n) is 10.0. The van der Waals surface area contributed by atoms with E-state index >= 15 is 0 Å². The lowest BCUT2D eigenvalue weighted by molar-refractivity contribution is -0.128. The van der Waals surface area contributed by atoms with Gasteiger partial charge in [-0.2, -0.15) is 0 Å². The molecule has 0 spiro atoms. The average molecular weight is 442 g/mol. The first-order chi connectivity index (χ1) is 14.7. The number of benzene rings is 2. The van der Waals surface area contributed by atoms with Crippen LogP contribution in [0.5, 0.6) is 0 Å². The third-order valence-electron chi connectivity index (χ3n) is 5.28. The second kappa shape index (κ2) is 9.53. The maximum absolute atomic E-state index is 12.8. The molecule has 2 aromatic carbocycles. The Kier molecular flexibility index (Phi) is 6.59. The molecule has 0 atom stereocenters. The monoisotopic (exact) mass is 441 g/mol. The van der Waals surface area contributed by atoms with Gasteiger partial charge in [0.15, 0.2) is 5.16 Å². The van der Waals surface area contributed by atoms with Crippen LogP contribution >= 0.6 is 23.4 Å². The first kappa shape index (κ1) is 20.8. The van der Waals surface area contributed by atoms with Gasteiger partial charge in [0.1, 0.15) is 6.33 Å². The summed E-state index contributed by atoms with van der Waals surface area (Å²) in [6, 6.07) is 16.1. The fourth-order valence-corrected chi connectivity index (χ4v) is 4.65. The number of amides is 1. The number of para-hydroxylation sites is 1. The number of hydrogen-bond donors (Lipinski definition) is 0. The van der Waals surface area contributed by atoms with E-state index in [0.717, 1.165) is 41.1 Å². The summed E-state index contributed by atoms with van der Waals surface area (Å²) in [4.78, 5) is 17.0. The zero-order chi connectivity index (χ0) is 20.9. The summed E-state index contributed by atoms with van der Waals surface area (Å²) >= 11 is 7.54. The number of thioether (sulfide) groups is 1. The lowest BCUT2D eigenvalue weighted by Crippen LogP contribution is -2.49. The summed E-state index contributed by atoms with van der Waals surface area (Å²) in [5.74, 6) is 0.480. The van der Waals surface area contributed by atoms with Crippen molar-refractivity contribution < 1.29 is 4.79 Å². The molecule has 4 rings (SSSR count). The predicted octanol–water partition coefficient (Wildman–Crippen LogP) is 3.92. The van der Waals surface area contributed by atoms with Crippen molar-refractivity contribution in [2.75, 3.05) is 36.8 Å². The molecule has 2 heterocycles. The fraction of sp³-hybridized carbons (Fsp3) is 0.318. The van der Waals surface area contributed by atoms with Crippen LogP contribution in [0.2, 0.25) is 5.02 Å². The van der Waals surface area contributed by atoms with E-state index < -0.39 is 0 Å². The largest absolute Gasteiger partial charge is 0.368 e. The van der Waals surface area contributed by atoms with Crippen LogP contribution < -0.4 is 4.90 Å². The lowest BCUT2D eigenvalue weighted by Gasteiger charge is -2.36. The van der Waals surface area contributed by atoms with E-state index in [4.69, 9.17) is 11.6 Å². The summed E-state index contributed by atoms with van der Waals surface area (Å²) in [6.45, 7) is 5.14. The molecule has 6 nitrogen and oxygen atoms in total. The smallest absolute Gasteiger partial charge is 0.233 e. The summed E-state index contributed by atoms with van der Waals surface area (Å²) in [5, 5.41) is 9.76. The highest BCUT2D eigenvalue weighted by Gasteiger charge is 2.22. The fourth-order valence-electron chi connectivity index (χ4n) is 3.64. The zero-order valence-electron chi connectivity index (χ0n) is 16.9. The second-order valence-electron chi connectivity index (χ2n) is 7.10. The van der Waals surface area contributed by atoms with Crippen molar-refractivity contribution in [1.82, 2.24) is 19.7 Å². The Morgan fingerprint density at radius 2 is 1.90 bits per heavy atom. The van der Waals surface area contributed by atoms with Gasteiger partial charge in [-0.1, -0.05) is 54.6 Å². The molecule has 30 heavy (non-hydrogen) atoms. The third-order valence-corrected chi connectivity index (χ3v) is 6.44. The Labute approximate surface area is 185 Å². The summed E-state index contributed by atoms with van der Waals surface area (Å²) in [7, 11) is 0. The van der Waals surface area contributed by atoms with Crippen LogP contribution in [0, 0.1) is 0 Å². The normalized spacial score (nSPS) is 14.2. The third kappa shape index (κ3) is 4.63. The van der Waals surface area contributed by atoms with Gasteiger partial charge in [0, 0.05) is 36.9 Å². The highest BCUT2D eigenvalue weighted by Crippen LogP contribution is 2.24. The van der Waals surface area contributed by atoms with Gasteiger partial charge in [-0.15, -0.1) is 10.2 Å². The minimum absolute atomic E-state index is 0.129. The van der Waals surface area contributed by atoms with Gasteiger partial charge in [0.05, 0.1) is 11.4 Å². The Hall–Kier alpha value is -2.51. The molecule has 0 bridgehead atoms. The second-order valence-corrected chi connectivity index (χ2v) is 8.48. The van der Waals surface area contributed by atoms with E-state index in [1.54, 1.807) is 6.33 Å². The number of carbonyl (C=O) groups is 1. The van der Waals surface area contributed by atoms with Gasteiger partial charge in [0.2, 0.25) is 5.91 Å². The molecular formula is C22H24ClN5OS. The molecule has 8 heteroatoms. The number of hydrogen-bond acceptors (Lipinski definition) is 5. The minimum Gasteiger partial charge on any atom is -0.368 e. The minimum atomic E-state index is 0.129. The van der Waals surface area contributed by atoms with E-state index in [9.17, 15) is 4.79 Å². The van der Waals surface area contributed by atoms with Crippen LogP contribution in [-0.4, -0.2) is 57.5 Å². The lowest BCUT2D eigenvalue weighted by atomic mass is 10.1. The highest BCUT2D eigenvalue weighted by molar-refractivity contribution is 7.99. The quantitative estimate of drug-likeness (QED) is 0.542. The van der Waals surface area contributed by atoms with Gasteiger partial charge < -0.3 is 9.80 Å². The van der Waals surface area contributed by atoms with Gasteiger partial charge in [-0.3, -0.25) is 9.36 Å². The average Bonchev–Trinajstić information content (AvgIpc) is 3.26. The van der Waals surface area contributed by atoms with Crippen LogP contribution in [-0.2, 0) is 11.2 Å². The number of aryl methyl sites for hydroxylation is 1. The molecule has 0 unspecified atom stereocenters. The first-order valence-corrected chi connectivity index (χ1v) is 11.4. The van der Waals surface area contributed by atoms with Crippen molar-refractivity contribution in [2.24, 2.45) is 0 Å². The molecule has 1 amide bonds. The number of anilines is 1. The van der Waals surface area contributed by atoms with E-state index in [1.807, 2.05) is 39.8 Å². The molecule has 0 N–H and O–H groups in total. The number of piperazine rings is 1. The molecule has 0 radical (unpaired) electrons. The van der Waals surface area contributed by atoms with Crippen LogP contribution in [0.25, 0.3) is 5.69 Å². The van der Waals surface area contributed by atoms with Crippen LogP contribution in [0.1, 0.15) is 12.5 Å². The van der Waals surface area contributed by atoms with Gasteiger partial charge in [-0.25, -0.2) is 0 Å². The Morgan fingerprint density at radius 3 is 2.67 bits per heavy atom. The van der Waals surface area contributed by atoms with Crippen molar-refractivity contribution >= 4 is 35.0 Å². The van der Waals surface area contributed by atoms with E-state index in [2.05, 4.69) is 40.2 Å². The standard InChI is InChI=1S/C22H24ClN5OS/c1-2-17-6-3-4-9-20(17)28-16-24-25-22(28)30-15-21(29)27-12-10-26(11-13-27)19-8-5-7-18(23)14-19/h3-9,14,16H,2,10-13,15H2,1H3. The van der Waals surface area contributed by atoms with Crippen molar-refractivity contribution in [2.45, 2.75) is 18.5 Å². The number of nitrogens with zero attached hydrogens (tertiary/aromatic N) is 5. The van der Waals surface area contributed by atoms with Gasteiger partial charge in [0.25, 0.3) is 0 Å². The topological polar surface area (TPSA) is 54.3 Å². The van der Waals surface area contributed by atoms with Gasteiger partial charge >= 0.3 is 0 Å². The van der Waals surface area contributed by atoms with Crippen molar-refractivity contribution in [3.8, 4) is 5.69 Å². The zero-order valence-corrected chi connectivity index (χ0v) is 18.4. The Balaban J connectivity index is 1.35. The number of aromatic nitrogens is 3. The molecule has 1 aliphatic rings. The summed E-state index contributed by atoms with van der Waals surface area (Å²) < 4.78 is 1.97. The maximum atomic E-state index is 12.8. The molecule has 1 saturated heterocycles.